The number of anilines is 2. The van der Waals surface area contributed by atoms with Crippen LogP contribution in [0, 0.1) is 0 Å². The van der Waals surface area contributed by atoms with Crippen LogP contribution in [0.15, 0.2) is 24.3 Å². The molecule has 0 saturated carbocycles. The molecule has 1 aromatic carbocycles. The zero-order valence-corrected chi connectivity index (χ0v) is 13.1. The lowest BCUT2D eigenvalue weighted by molar-refractivity contribution is 0.791. The Kier molecular flexibility index (Phi) is 5.05. The molecule has 0 atom stereocenters. The molecular weight excluding hydrogens is 264 g/mol. The molecule has 6 heteroatoms. The molecule has 0 unspecified atom stereocenters. The number of likely N-dealkylation sites (N-methyl/N-ethyl adjacent to an activating group) is 1. The summed E-state index contributed by atoms with van der Waals surface area (Å²) < 4.78 is 0. The summed E-state index contributed by atoms with van der Waals surface area (Å²) in [5.41, 5.74) is 6.58. The van der Waals surface area contributed by atoms with Gasteiger partial charge < -0.3 is 21.4 Å². The molecular formula is C15H24N6. The van der Waals surface area contributed by atoms with E-state index in [9.17, 15) is 0 Å². The van der Waals surface area contributed by atoms with E-state index in [-0.39, 0.29) is 0 Å². The van der Waals surface area contributed by atoms with Gasteiger partial charge in [-0.2, -0.15) is 4.79 Å². The van der Waals surface area contributed by atoms with Gasteiger partial charge in [0.05, 0.1) is 5.56 Å². The zero-order chi connectivity index (χ0) is 15.2. The lowest BCUT2D eigenvalue weighted by atomic mass is 10.0. The van der Waals surface area contributed by atoms with Gasteiger partial charge in [-0.3, -0.25) is 0 Å². The fourth-order valence-electron chi connectivity index (χ4n) is 2.41. The lowest BCUT2D eigenvalue weighted by Gasteiger charge is -2.09. The van der Waals surface area contributed by atoms with Crippen LogP contribution in [0.4, 0.5) is 11.6 Å². The van der Waals surface area contributed by atoms with Crippen LogP contribution in [-0.2, 0) is 6.42 Å². The van der Waals surface area contributed by atoms with Crippen LogP contribution in [0.25, 0.3) is 11.1 Å². The van der Waals surface area contributed by atoms with Crippen molar-refractivity contribution in [3.63, 3.8) is 0 Å². The summed E-state index contributed by atoms with van der Waals surface area (Å²) in [6.07, 6.45) is 1.01. The van der Waals surface area contributed by atoms with E-state index in [4.69, 9.17) is 0 Å². The summed E-state index contributed by atoms with van der Waals surface area (Å²) in [5.74, 6) is 1.78. The smallest absolute Gasteiger partial charge is 0.160 e. The van der Waals surface area contributed by atoms with Crippen LogP contribution in [-0.4, -0.2) is 44.6 Å². The van der Waals surface area contributed by atoms with Crippen molar-refractivity contribution in [2.45, 2.75) is 6.42 Å². The number of nitrogens with one attached hydrogen (secondary N) is 4. The summed E-state index contributed by atoms with van der Waals surface area (Å²) in [5, 5.41) is 14.1. The molecule has 0 amide bonds. The first kappa shape index (κ1) is 15.2. The summed E-state index contributed by atoms with van der Waals surface area (Å²) in [7, 11) is 7.61. The van der Waals surface area contributed by atoms with E-state index >= 15 is 0 Å². The summed E-state index contributed by atoms with van der Waals surface area (Å²) >= 11 is 0. The highest BCUT2D eigenvalue weighted by Gasteiger charge is 2.17. The van der Waals surface area contributed by atoms with E-state index < -0.39 is 0 Å². The molecule has 0 aliphatic carbocycles. The normalized spacial score (nSPS) is 10.5. The van der Waals surface area contributed by atoms with Crippen molar-refractivity contribution in [3.05, 3.63) is 29.8 Å². The number of aromatic nitrogens is 2. The minimum atomic E-state index is 0.847. The summed E-state index contributed by atoms with van der Waals surface area (Å²) in [6.45, 7) is 0.969. The third-order valence-corrected chi connectivity index (χ3v) is 3.45. The molecule has 0 spiro atoms. The van der Waals surface area contributed by atoms with Crippen molar-refractivity contribution in [1.29, 1.82) is 0 Å². The van der Waals surface area contributed by atoms with Crippen LogP contribution >= 0.6 is 0 Å². The maximum atomic E-state index is 4.51. The van der Waals surface area contributed by atoms with Crippen LogP contribution < -0.4 is 21.4 Å². The Bertz CT molecular complexity index is 590. The molecule has 0 saturated heterocycles. The predicted molar refractivity (Wildman–Crippen MR) is 89.7 cm³/mol. The van der Waals surface area contributed by atoms with Gasteiger partial charge in [0.1, 0.15) is 0 Å². The van der Waals surface area contributed by atoms with Crippen LogP contribution in [0.3, 0.4) is 0 Å². The topological polar surface area (TPSA) is 65.9 Å². The van der Waals surface area contributed by atoms with Gasteiger partial charge >= 0.3 is 0 Å². The number of hydrogen-bond acceptors (Lipinski definition) is 5. The largest absolute Gasteiger partial charge is 0.371 e. The SMILES string of the molecule is CNCCc1cccc(-c2c(NC)nn(NC)c2NC)c1. The molecule has 21 heavy (non-hydrogen) atoms. The van der Waals surface area contributed by atoms with Gasteiger partial charge in [-0.25, -0.2) is 0 Å². The third kappa shape index (κ3) is 3.11. The monoisotopic (exact) mass is 288 g/mol. The molecule has 2 rings (SSSR count). The second-order valence-electron chi connectivity index (χ2n) is 4.76. The van der Waals surface area contributed by atoms with Gasteiger partial charge in [0.25, 0.3) is 0 Å². The fraction of sp³-hybridized carbons (Fsp3) is 0.400. The van der Waals surface area contributed by atoms with Crippen molar-refractivity contribution in [1.82, 2.24) is 15.2 Å². The standard InChI is InChI=1S/C15H24N6/c1-16-9-8-11-6-5-7-12(10-11)13-14(17-2)20-21(19-4)15(13)18-3/h5-7,10,16,18-19H,8-9H2,1-4H3,(H,17,20). The van der Waals surface area contributed by atoms with Crippen molar-refractivity contribution in [3.8, 4) is 11.1 Å². The molecule has 114 valence electrons. The van der Waals surface area contributed by atoms with Gasteiger partial charge in [-0.05, 0) is 31.1 Å². The number of hydrogen-bond donors (Lipinski definition) is 4. The number of rotatable bonds is 7. The van der Waals surface area contributed by atoms with E-state index in [2.05, 4.69) is 50.7 Å². The first-order chi connectivity index (χ1) is 10.2. The second-order valence-corrected chi connectivity index (χ2v) is 4.76. The van der Waals surface area contributed by atoms with Crippen LogP contribution in [0.1, 0.15) is 5.56 Å². The minimum Gasteiger partial charge on any atom is -0.371 e. The van der Waals surface area contributed by atoms with Gasteiger partial charge in [0.2, 0.25) is 0 Å². The molecule has 6 nitrogen and oxygen atoms in total. The van der Waals surface area contributed by atoms with Gasteiger partial charge in [0, 0.05) is 21.1 Å². The third-order valence-electron chi connectivity index (χ3n) is 3.45. The maximum absolute atomic E-state index is 4.51. The molecule has 1 heterocycles. The highest BCUT2D eigenvalue weighted by Crippen LogP contribution is 2.34. The molecule has 4 N–H and O–H groups in total. The Morgan fingerprint density at radius 3 is 2.52 bits per heavy atom. The Labute approximate surface area is 125 Å². The summed E-state index contributed by atoms with van der Waals surface area (Å²) in [6, 6.07) is 8.58. The molecule has 2 aromatic rings. The van der Waals surface area contributed by atoms with Crippen molar-refractivity contribution >= 4 is 11.6 Å². The number of benzene rings is 1. The highest BCUT2D eigenvalue weighted by molar-refractivity contribution is 5.85. The summed E-state index contributed by atoms with van der Waals surface area (Å²) in [4.78, 5) is 1.74. The van der Waals surface area contributed by atoms with E-state index in [1.165, 1.54) is 5.56 Å². The molecule has 1 aromatic heterocycles. The predicted octanol–water partition coefficient (Wildman–Crippen LogP) is 1.57. The minimum absolute atomic E-state index is 0.847. The molecule has 0 fully saturated rings. The second kappa shape index (κ2) is 6.99. The van der Waals surface area contributed by atoms with Gasteiger partial charge in [0.15, 0.2) is 11.6 Å². The van der Waals surface area contributed by atoms with Crippen LogP contribution in [0.5, 0.6) is 0 Å². The number of nitrogens with zero attached hydrogens (tertiary/aromatic N) is 2. The fourth-order valence-corrected chi connectivity index (χ4v) is 2.41. The van der Waals surface area contributed by atoms with Crippen molar-refractivity contribution in [2.24, 2.45) is 0 Å². The van der Waals surface area contributed by atoms with Gasteiger partial charge in [-0.15, -0.1) is 5.10 Å². The van der Waals surface area contributed by atoms with Crippen LogP contribution in [0.2, 0.25) is 0 Å². The van der Waals surface area contributed by atoms with Gasteiger partial charge in [-0.1, -0.05) is 24.3 Å². The van der Waals surface area contributed by atoms with E-state index in [0.29, 0.717) is 0 Å². The Balaban J connectivity index is 2.47. The molecule has 0 aliphatic rings. The first-order valence-corrected chi connectivity index (χ1v) is 7.15. The Morgan fingerprint density at radius 1 is 1.10 bits per heavy atom. The quantitative estimate of drug-likeness (QED) is 0.623. The highest BCUT2D eigenvalue weighted by atomic mass is 15.6. The Morgan fingerprint density at radius 2 is 1.90 bits per heavy atom. The van der Waals surface area contributed by atoms with E-state index in [1.807, 2.05) is 28.2 Å². The van der Waals surface area contributed by atoms with E-state index in [0.717, 1.165) is 35.7 Å². The molecule has 0 radical (unpaired) electrons. The Hall–Kier alpha value is -2.21. The first-order valence-electron chi connectivity index (χ1n) is 7.15. The molecule has 0 aliphatic heterocycles. The molecule has 0 bridgehead atoms. The maximum Gasteiger partial charge on any atom is 0.160 e. The lowest BCUT2D eigenvalue weighted by Crippen LogP contribution is -2.13. The average molecular weight is 288 g/mol. The average Bonchev–Trinajstić information content (AvgIpc) is 2.90. The van der Waals surface area contributed by atoms with E-state index in [1.54, 1.807) is 4.79 Å². The van der Waals surface area contributed by atoms with Crippen molar-refractivity contribution < 1.29 is 0 Å². The van der Waals surface area contributed by atoms with Crippen molar-refractivity contribution in [2.75, 3.05) is 50.8 Å². The zero-order valence-electron chi connectivity index (χ0n) is 13.1.